The number of likely N-dealkylation sites (N-methyl/N-ethyl adjacent to an activating group) is 1. The van der Waals surface area contributed by atoms with E-state index in [0.29, 0.717) is 36.9 Å². The number of fused-ring (bicyclic) bond motifs is 2. The highest BCUT2D eigenvalue weighted by Crippen LogP contribution is 2.43. The lowest BCUT2D eigenvalue weighted by Gasteiger charge is -2.42. The number of anilines is 1. The Balaban J connectivity index is 1.35. The summed E-state index contributed by atoms with van der Waals surface area (Å²) < 4.78 is 11.0. The summed E-state index contributed by atoms with van der Waals surface area (Å²) in [6.07, 6.45) is 4.09. The molecule has 4 heterocycles. The maximum atomic E-state index is 9.37. The number of ether oxygens (including phenoxy) is 2. The molecule has 6 rings (SSSR count). The van der Waals surface area contributed by atoms with Crippen molar-refractivity contribution in [3.63, 3.8) is 0 Å². The normalized spacial score (nSPS) is 23.2. The highest BCUT2D eigenvalue weighted by molar-refractivity contribution is 7.80. The average molecular weight is 643 g/mol. The minimum absolute atomic E-state index is 0.0173. The van der Waals surface area contributed by atoms with Crippen LogP contribution in [0.2, 0.25) is 0 Å². The van der Waals surface area contributed by atoms with E-state index in [2.05, 4.69) is 76.9 Å². The predicted octanol–water partition coefficient (Wildman–Crippen LogP) is 4.28. The molecule has 4 atom stereocenters. The number of hydrogen-bond donors (Lipinski definition) is 2. The molecule has 0 bridgehead atoms. The Morgan fingerprint density at radius 3 is 2.76 bits per heavy atom. The minimum atomic E-state index is 0.0173. The molecule has 0 aliphatic carbocycles. The Morgan fingerprint density at radius 2 is 2.02 bits per heavy atom. The topological polar surface area (TPSA) is 102 Å². The van der Waals surface area contributed by atoms with Crippen LogP contribution >= 0.6 is 12.2 Å². The number of nitrogens with one attached hydrogen (secondary N) is 2. The van der Waals surface area contributed by atoms with E-state index in [1.807, 2.05) is 4.90 Å². The van der Waals surface area contributed by atoms with Gasteiger partial charge in [-0.15, -0.1) is 0 Å². The van der Waals surface area contributed by atoms with Gasteiger partial charge >= 0.3 is 6.01 Å². The van der Waals surface area contributed by atoms with Crippen LogP contribution in [0.4, 0.5) is 5.69 Å². The molecule has 2 saturated heterocycles. The maximum Gasteiger partial charge on any atom is 0.316 e. The zero-order chi connectivity index (χ0) is 32.2. The number of methoxy groups -OCH3 is 2. The molecule has 0 spiro atoms. The molecule has 3 aliphatic heterocycles. The zero-order valence-electron chi connectivity index (χ0n) is 27.5. The van der Waals surface area contributed by atoms with Gasteiger partial charge in [-0.25, -0.2) is 0 Å². The fourth-order valence-corrected chi connectivity index (χ4v) is 8.06. The molecule has 0 saturated carbocycles. The van der Waals surface area contributed by atoms with Gasteiger partial charge in [0.05, 0.1) is 43.8 Å². The molecule has 2 aromatic carbocycles. The van der Waals surface area contributed by atoms with Gasteiger partial charge in [-0.1, -0.05) is 30.3 Å². The second kappa shape index (κ2) is 14.5. The van der Waals surface area contributed by atoms with E-state index < -0.39 is 0 Å². The molecule has 3 aromatic rings. The molecule has 3 aliphatic rings. The number of aromatic nitrogens is 2. The third kappa shape index (κ3) is 6.63. The zero-order valence-corrected chi connectivity index (χ0v) is 28.3. The standard InChI is InChI=1S/C35H46N8O2S/c1-23-8-5-9-24-10-6-11-30(31(23)24)43-21-26(29-12-7-16-41(29)2)32-28(22-43)39-34(45-4)40-33(32)27-20-25(13-15-37-27)38-35(46)42(17-14-36)18-19-44-3/h5-6,8-11,25-27,29,37H,7,12-13,15-22H2,1-4H3,(H,38,46)/t25-,26?,27?,29-/m0/s1. The van der Waals surface area contributed by atoms with Gasteiger partial charge in [0.1, 0.15) is 6.54 Å². The number of piperidine rings is 1. The van der Waals surface area contributed by atoms with Crippen LogP contribution in [-0.4, -0.2) is 97.6 Å². The lowest BCUT2D eigenvalue weighted by atomic mass is 9.81. The number of nitrogens with zero attached hydrogens (tertiary/aromatic N) is 6. The predicted molar refractivity (Wildman–Crippen MR) is 185 cm³/mol. The Bertz CT molecular complexity index is 1590. The van der Waals surface area contributed by atoms with Gasteiger partial charge in [-0.2, -0.15) is 15.2 Å². The number of benzene rings is 2. The molecule has 11 heteroatoms. The quantitative estimate of drug-likeness (QED) is 0.258. The fraction of sp³-hybridized carbons (Fsp3) is 0.543. The number of aryl methyl sites for hydroxylation is 1. The third-order valence-electron chi connectivity index (χ3n) is 9.99. The van der Waals surface area contributed by atoms with Crippen LogP contribution in [0.1, 0.15) is 60.2 Å². The number of thiocarbonyl (C=S) groups is 1. The van der Waals surface area contributed by atoms with Gasteiger partial charge in [-0.05, 0) is 82.0 Å². The molecule has 1 aromatic heterocycles. The van der Waals surface area contributed by atoms with Crippen LogP contribution in [0.5, 0.6) is 6.01 Å². The van der Waals surface area contributed by atoms with E-state index >= 15 is 0 Å². The average Bonchev–Trinajstić information content (AvgIpc) is 3.50. The van der Waals surface area contributed by atoms with Crippen LogP contribution < -0.4 is 20.3 Å². The Labute approximate surface area is 278 Å². The van der Waals surface area contributed by atoms with Crippen LogP contribution in [0.25, 0.3) is 10.8 Å². The summed E-state index contributed by atoms with van der Waals surface area (Å²) in [6.45, 7) is 7.05. The Hall–Kier alpha value is -3.56. The molecule has 46 heavy (non-hydrogen) atoms. The van der Waals surface area contributed by atoms with E-state index in [1.54, 1.807) is 14.2 Å². The summed E-state index contributed by atoms with van der Waals surface area (Å²) in [5, 5.41) is 19.9. The molecule has 2 N–H and O–H groups in total. The SMILES string of the molecule is COCCN(CC#N)C(=S)N[C@H]1CCNC(c2nc(OC)nc3c2C([C@@H]2CCCN2C)CN(c2cccc4cccc(C)c24)C3)C1. The summed E-state index contributed by atoms with van der Waals surface area (Å²) in [7, 11) is 5.58. The monoisotopic (exact) mass is 642 g/mol. The Kier molecular flexibility index (Phi) is 10.2. The summed E-state index contributed by atoms with van der Waals surface area (Å²) in [5.74, 6) is 0.243. The van der Waals surface area contributed by atoms with Crippen LogP contribution in [0, 0.1) is 18.3 Å². The second-order valence-electron chi connectivity index (χ2n) is 12.8. The van der Waals surface area contributed by atoms with Crippen LogP contribution in [0.15, 0.2) is 36.4 Å². The smallest absolute Gasteiger partial charge is 0.316 e. The van der Waals surface area contributed by atoms with Crippen molar-refractivity contribution in [1.82, 2.24) is 30.4 Å². The van der Waals surface area contributed by atoms with Gasteiger partial charge < -0.3 is 34.8 Å². The number of hydrogen-bond acceptors (Lipinski definition) is 9. The lowest BCUT2D eigenvalue weighted by molar-refractivity contribution is 0.178. The van der Waals surface area contributed by atoms with E-state index in [4.69, 9.17) is 31.7 Å². The molecule has 10 nitrogen and oxygen atoms in total. The van der Waals surface area contributed by atoms with Crippen LogP contribution in [0.3, 0.4) is 0 Å². The van der Waals surface area contributed by atoms with Crippen molar-refractivity contribution in [3.05, 3.63) is 58.9 Å². The van der Waals surface area contributed by atoms with Crippen molar-refractivity contribution in [2.45, 2.75) is 63.2 Å². The Morgan fingerprint density at radius 1 is 1.20 bits per heavy atom. The van der Waals surface area contributed by atoms with E-state index in [1.165, 1.54) is 34.0 Å². The number of nitriles is 1. The summed E-state index contributed by atoms with van der Waals surface area (Å²) >= 11 is 5.76. The number of rotatable bonds is 9. The second-order valence-corrected chi connectivity index (χ2v) is 13.2. The van der Waals surface area contributed by atoms with Gasteiger partial charge in [0.25, 0.3) is 0 Å². The first-order chi connectivity index (χ1) is 22.4. The molecule has 2 fully saturated rings. The molecule has 0 amide bonds. The van der Waals surface area contributed by atoms with E-state index in [9.17, 15) is 5.26 Å². The van der Waals surface area contributed by atoms with Gasteiger partial charge in [-0.3, -0.25) is 0 Å². The van der Waals surface area contributed by atoms with Crippen molar-refractivity contribution >= 4 is 33.8 Å². The van der Waals surface area contributed by atoms with Crippen molar-refractivity contribution in [3.8, 4) is 12.1 Å². The summed E-state index contributed by atoms with van der Waals surface area (Å²) in [4.78, 5) is 17.1. The van der Waals surface area contributed by atoms with Crippen LogP contribution in [-0.2, 0) is 11.3 Å². The van der Waals surface area contributed by atoms with Gasteiger partial charge in [0, 0.05) is 54.8 Å². The number of likely N-dealkylation sites (tertiary alicyclic amines) is 1. The third-order valence-corrected chi connectivity index (χ3v) is 10.4. The molecule has 2 unspecified atom stereocenters. The molecular weight excluding hydrogens is 597 g/mol. The largest absolute Gasteiger partial charge is 0.467 e. The van der Waals surface area contributed by atoms with Gasteiger partial charge in [0.15, 0.2) is 5.11 Å². The molecular formula is C35H46N8O2S. The van der Waals surface area contributed by atoms with Crippen molar-refractivity contribution < 1.29 is 9.47 Å². The molecule has 244 valence electrons. The fourth-order valence-electron chi connectivity index (χ4n) is 7.74. The van der Waals surface area contributed by atoms with Crippen molar-refractivity contribution in [1.29, 1.82) is 5.26 Å². The van der Waals surface area contributed by atoms with Crippen molar-refractivity contribution in [2.24, 2.45) is 0 Å². The maximum absolute atomic E-state index is 9.37. The van der Waals surface area contributed by atoms with Gasteiger partial charge in [0.2, 0.25) is 0 Å². The van der Waals surface area contributed by atoms with Crippen molar-refractivity contribution in [2.75, 3.05) is 65.5 Å². The van der Waals surface area contributed by atoms with E-state index in [0.717, 1.165) is 50.3 Å². The highest BCUT2D eigenvalue weighted by atomic mass is 32.1. The summed E-state index contributed by atoms with van der Waals surface area (Å²) in [6, 6.07) is 16.4. The summed E-state index contributed by atoms with van der Waals surface area (Å²) in [5.41, 5.74) is 5.92. The first-order valence-corrected chi connectivity index (χ1v) is 16.9. The highest BCUT2D eigenvalue weighted by Gasteiger charge is 2.41. The minimum Gasteiger partial charge on any atom is -0.467 e. The first-order valence-electron chi connectivity index (χ1n) is 16.4. The first kappa shape index (κ1) is 32.4. The molecule has 0 radical (unpaired) electrons. The lowest BCUT2D eigenvalue weighted by Crippen LogP contribution is -2.50. The van der Waals surface area contributed by atoms with E-state index in [-0.39, 0.29) is 24.5 Å².